The molecule has 1 N–H and O–H groups in total. The number of ether oxygens (including phenoxy) is 1. The summed E-state index contributed by atoms with van der Waals surface area (Å²) >= 11 is 0. The molecule has 1 saturated carbocycles. The lowest BCUT2D eigenvalue weighted by atomic mass is 9.75. The first-order valence-corrected chi connectivity index (χ1v) is 6.85. The van der Waals surface area contributed by atoms with Gasteiger partial charge in [0, 0.05) is 12.1 Å². The maximum Gasteiger partial charge on any atom is 0.335 e. The van der Waals surface area contributed by atoms with Crippen LogP contribution in [-0.4, -0.2) is 47.2 Å². The zero-order valence-corrected chi connectivity index (χ0v) is 11.2. The van der Waals surface area contributed by atoms with Gasteiger partial charge in [0.2, 0.25) is 0 Å². The van der Waals surface area contributed by atoms with Gasteiger partial charge < -0.3 is 14.7 Å². The van der Waals surface area contributed by atoms with Crippen molar-refractivity contribution in [1.82, 2.24) is 4.90 Å². The number of carbonyl (C=O) groups excluding carboxylic acids is 1. The summed E-state index contributed by atoms with van der Waals surface area (Å²) in [7, 11) is 0. The van der Waals surface area contributed by atoms with Crippen LogP contribution >= 0.6 is 0 Å². The second kappa shape index (κ2) is 4.90. The highest BCUT2D eigenvalue weighted by Crippen LogP contribution is 2.40. The normalized spacial score (nSPS) is 20.5. The van der Waals surface area contributed by atoms with Crippen LogP contribution in [0.4, 0.5) is 0 Å². The molecule has 1 amide bonds. The Morgan fingerprint density at radius 1 is 1.25 bits per heavy atom. The highest BCUT2D eigenvalue weighted by atomic mass is 16.5. The quantitative estimate of drug-likeness (QED) is 0.893. The molecular weight excluding hydrogens is 258 g/mol. The number of hydrogen-bond donors (Lipinski definition) is 1. The summed E-state index contributed by atoms with van der Waals surface area (Å²) in [5.41, 5.74) is 0.430. The minimum atomic E-state index is -1.01. The van der Waals surface area contributed by atoms with Crippen LogP contribution in [0.1, 0.15) is 40.0 Å². The number of nitrogens with zero attached hydrogens (tertiary/aromatic N) is 1. The minimum absolute atomic E-state index is 0.0869. The lowest BCUT2D eigenvalue weighted by molar-refractivity contribution is -0.0877. The van der Waals surface area contributed by atoms with Gasteiger partial charge in [-0.3, -0.25) is 4.79 Å². The van der Waals surface area contributed by atoms with E-state index in [1.54, 1.807) is 12.1 Å². The fourth-order valence-corrected chi connectivity index (χ4v) is 2.99. The number of carboxylic acids is 1. The van der Waals surface area contributed by atoms with E-state index in [0.717, 1.165) is 19.3 Å². The molecule has 3 rings (SSSR count). The maximum atomic E-state index is 12.7. The van der Waals surface area contributed by atoms with Crippen LogP contribution in [0.2, 0.25) is 0 Å². The summed E-state index contributed by atoms with van der Waals surface area (Å²) in [6.45, 7) is 1.72. The molecule has 106 valence electrons. The lowest BCUT2D eigenvalue weighted by Gasteiger charge is -2.52. The summed E-state index contributed by atoms with van der Waals surface area (Å²) < 4.78 is 5.52. The number of rotatable bonds is 2. The van der Waals surface area contributed by atoms with Gasteiger partial charge in [-0.15, -0.1) is 0 Å². The summed E-state index contributed by atoms with van der Waals surface area (Å²) in [6, 6.07) is 6.24. The van der Waals surface area contributed by atoms with E-state index in [1.807, 2.05) is 4.90 Å². The number of carboxylic acid groups (broad SMARTS) is 1. The number of hydrogen-bond acceptors (Lipinski definition) is 3. The van der Waals surface area contributed by atoms with Crippen molar-refractivity contribution in [3.8, 4) is 0 Å². The largest absolute Gasteiger partial charge is 0.478 e. The van der Waals surface area contributed by atoms with Gasteiger partial charge in [-0.05, 0) is 37.5 Å². The molecule has 1 aromatic rings. The van der Waals surface area contributed by atoms with Gasteiger partial charge in [0.05, 0.1) is 24.3 Å². The van der Waals surface area contributed by atoms with Crippen molar-refractivity contribution >= 4 is 11.9 Å². The van der Waals surface area contributed by atoms with Gasteiger partial charge >= 0.3 is 5.97 Å². The Balaban J connectivity index is 1.87. The van der Waals surface area contributed by atoms with Gasteiger partial charge in [0.15, 0.2) is 0 Å². The Morgan fingerprint density at radius 2 is 2.00 bits per heavy atom. The fourth-order valence-electron chi connectivity index (χ4n) is 2.99. The SMILES string of the molecule is O=C(O)c1cccc(C(=O)N2CCOCC23CCC3)c1. The average Bonchev–Trinajstić information content (AvgIpc) is 2.45. The number of benzene rings is 1. The van der Waals surface area contributed by atoms with Crippen LogP contribution < -0.4 is 0 Å². The predicted octanol–water partition coefficient (Wildman–Crippen LogP) is 1.78. The molecule has 0 aromatic heterocycles. The van der Waals surface area contributed by atoms with Crippen LogP contribution in [0, 0.1) is 0 Å². The Bertz CT molecular complexity index is 551. The third-order valence-corrected chi connectivity index (χ3v) is 4.29. The zero-order valence-electron chi connectivity index (χ0n) is 11.2. The summed E-state index contributed by atoms with van der Waals surface area (Å²) in [4.78, 5) is 25.5. The van der Waals surface area contributed by atoms with Crippen LogP contribution in [0.5, 0.6) is 0 Å². The van der Waals surface area contributed by atoms with E-state index in [9.17, 15) is 9.59 Å². The van der Waals surface area contributed by atoms with Crippen molar-refractivity contribution in [3.63, 3.8) is 0 Å². The van der Waals surface area contributed by atoms with Crippen molar-refractivity contribution in [2.24, 2.45) is 0 Å². The molecule has 1 aliphatic heterocycles. The second-order valence-corrected chi connectivity index (χ2v) is 5.47. The van der Waals surface area contributed by atoms with Gasteiger partial charge in [-0.2, -0.15) is 0 Å². The molecule has 5 nitrogen and oxygen atoms in total. The van der Waals surface area contributed by atoms with Crippen molar-refractivity contribution in [2.75, 3.05) is 19.8 Å². The van der Waals surface area contributed by atoms with E-state index in [0.29, 0.717) is 25.3 Å². The first-order chi connectivity index (χ1) is 9.62. The molecule has 0 radical (unpaired) electrons. The fraction of sp³-hybridized carbons (Fsp3) is 0.467. The van der Waals surface area contributed by atoms with E-state index >= 15 is 0 Å². The molecule has 1 saturated heterocycles. The molecule has 0 bridgehead atoms. The van der Waals surface area contributed by atoms with E-state index in [2.05, 4.69) is 0 Å². The monoisotopic (exact) mass is 275 g/mol. The molecule has 1 spiro atoms. The molecule has 1 heterocycles. The van der Waals surface area contributed by atoms with Gasteiger partial charge in [-0.25, -0.2) is 4.79 Å². The predicted molar refractivity (Wildman–Crippen MR) is 71.8 cm³/mol. The molecule has 2 fully saturated rings. The third kappa shape index (κ3) is 2.08. The zero-order chi connectivity index (χ0) is 14.2. The Labute approximate surface area is 117 Å². The van der Waals surface area contributed by atoms with Crippen LogP contribution in [0.15, 0.2) is 24.3 Å². The Morgan fingerprint density at radius 3 is 2.65 bits per heavy atom. The molecule has 20 heavy (non-hydrogen) atoms. The first kappa shape index (κ1) is 13.1. The Kier molecular flexibility index (Phi) is 3.22. The topological polar surface area (TPSA) is 66.8 Å². The number of morpholine rings is 1. The maximum absolute atomic E-state index is 12.7. The highest BCUT2D eigenvalue weighted by Gasteiger charge is 2.47. The van der Waals surface area contributed by atoms with E-state index in [4.69, 9.17) is 9.84 Å². The smallest absolute Gasteiger partial charge is 0.335 e. The van der Waals surface area contributed by atoms with Crippen molar-refractivity contribution in [3.05, 3.63) is 35.4 Å². The molecule has 5 heteroatoms. The van der Waals surface area contributed by atoms with Crippen LogP contribution in [-0.2, 0) is 4.74 Å². The van der Waals surface area contributed by atoms with Gasteiger partial charge in [0.1, 0.15) is 0 Å². The van der Waals surface area contributed by atoms with Crippen LogP contribution in [0.25, 0.3) is 0 Å². The summed E-state index contributed by atoms with van der Waals surface area (Å²) in [6.07, 6.45) is 3.05. The molecule has 2 aliphatic rings. The lowest BCUT2D eigenvalue weighted by Crippen LogP contribution is -2.62. The molecular formula is C15H17NO4. The van der Waals surface area contributed by atoms with E-state index < -0.39 is 5.97 Å². The van der Waals surface area contributed by atoms with Crippen molar-refractivity contribution in [1.29, 1.82) is 0 Å². The molecule has 1 aliphatic carbocycles. The first-order valence-electron chi connectivity index (χ1n) is 6.85. The number of aromatic carboxylic acids is 1. The van der Waals surface area contributed by atoms with Crippen LogP contribution in [0.3, 0.4) is 0 Å². The third-order valence-electron chi connectivity index (χ3n) is 4.29. The van der Waals surface area contributed by atoms with Gasteiger partial charge in [-0.1, -0.05) is 6.07 Å². The molecule has 0 atom stereocenters. The standard InChI is InChI=1S/C15H17NO4/c17-13(11-3-1-4-12(9-11)14(18)19)16-7-8-20-10-15(16)5-2-6-15/h1,3-4,9H,2,5-8,10H2,(H,18,19). The summed E-state index contributed by atoms with van der Waals surface area (Å²) in [5.74, 6) is -1.10. The molecule has 0 unspecified atom stereocenters. The number of amides is 1. The molecule has 1 aromatic carbocycles. The Hall–Kier alpha value is -1.88. The minimum Gasteiger partial charge on any atom is -0.478 e. The van der Waals surface area contributed by atoms with Crippen molar-refractivity contribution < 1.29 is 19.4 Å². The van der Waals surface area contributed by atoms with E-state index in [1.165, 1.54) is 12.1 Å². The average molecular weight is 275 g/mol. The highest BCUT2D eigenvalue weighted by molar-refractivity contribution is 5.98. The summed E-state index contributed by atoms with van der Waals surface area (Å²) in [5, 5.41) is 9.02. The second-order valence-electron chi connectivity index (χ2n) is 5.47. The van der Waals surface area contributed by atoms with E-state index in [-0.39, 0.29) is 17.0 Å². The number of carbonyl (C=O) groups is 2. The van der Waals surface area contributed by atoms with Crippen molar-refractivity contribution in [2.45, 2.75) is 24.8 Å². The van der Waals surface area contributed by atoms with Gasteiger partial charge in [0.25, 0.3) is 5.91 Å².